The molecule has 12 heteroatoms. The molecular weight excluding hydrogens is 428 g/mol. The standard InChI is InChI=1S/C19H21F2N7O2S/c1-10-7-12(30-17(20)21)3-4-13(10)24-19(29)27-5-6-28(11(2)8-27)15-14-16(31-9-23-14)26-18(22)25-15/h3-4,7,9,11,17H,5-6,8H2,1-2H3,(H,24,29)(H2,22,25,26). The lowest BCUT2D eigenvalue weighted by Crippen LogP contribution is -2.55. The van der Waals surface area contributed by atoms with Crippen LogP contribution in [0.15, 0.2) is 23.7 Å². The lowest BCUT2D eigenvalue weighted by Gasteiger charge is -2.40. The maximum absolute atomic E-state index is 12.8. The van der Waals surface area contributed by atoms with E-state index in [-0.39, 0.29) is 23.8 Å². The summed E-state index contributed by atoms with van der Waals surface area (Å²) in [7, 11) is 0. The molecule has 0 radical (unpaired) electrons. The Morgan fingerprint density at radius 1 is 1.35 bits per heavy atom. The number of benzene rings is 1. The van der Waals surface area contributed by atoms with Gasteiger partial charge in [0, 0.05) is 31.4 Å². The maximum Gasteiger partial charge on any atom is 0.387 e. The molecule has 9 nitrogen and oxygen atoms in total. The molecule has 3 N–H and O–H groups in total. The average Bonchev–Trinajstić information content (AvgIpc) is 3.17. The number of piperazine rings is 1. The second-order valence-corrected chi connectivity index (χ2v) is 8.02. The summed E-state index contributed by atoms with van der Waals surface area (Å²) in [5, 5.41) is 2.84. The van der Waals surface area contributed by atoms with E-state index in [1.54, 1.807) is 23.4 Å². The van der Waals surface area contributed by atoms with E-state index >= 15 is 0 Å². The third-order valence-electron chi connectivity index (χ3n) is 5.05. The minimum atomic E-state index is -2.90. The number of aryl methyl sites for hydroxylation is 1. The summed E-state index contributed by atoms with van der Waals surface area (Å²) in [6.45, 7) is 2.31. The zero-order chi connectivity index (χ0) is 22.1. The fourth-order valence-electron chi connectivity index (χ4n) is 3.57. The molecule has 1 saturated heterocycles. The van der Waals surface area contributed by atoms with E-state index in [1.807, 2.05) is 6.92 Å². The van der Waals surface area contributed by atoms with Crippen molar-refractivity contribution in [1.82, 2.24) is 19.9 Å². The first-order valence-corrected chi connectivity index (χ1v) is 10.4. The fourth-order valence-corrected chi connectivity index (χ4v) is 4.23. The number of thiazole rings is 1. The number of urea groups is 1. The zero-order valence-corrected chi connectivity index (χ0v) is 17.7. The minimum Gasteiger partial charge on any atom is -0.435 e. The fraction of sp³-hybridized carbons (Fsp3) is 0.368. The summed E-state index contributed by atoms with van der Waals surface area (Å²) in [5.41, 5.74) is 9.42. The molecule has 3 aromatic rings. The summed E-state index contributed by atoms with van der Waals surface area (Å²) >= 11 is 1.40. The maximum atomic E-state index is 12.8. The van der Waals surface area contributed by atoms with Gasteiger partial charge in [-0.05, 0) is 37.6 Å². The summed E-state index contributed by atoms with van der Waals surface area (Å²) in [4.78, 5) is 30.2. The molecule has 1 unspecified atom stereocenters. The number of nitrogen functional groups attached to an aromatic ring is 1. The van der Waals surface area contributed by atoms with Crippen LogP contribution >= 0.6 is 11.3 Å². The monoisotopic (exact) mass is 449 g/mol. The number of hydrogen-bond acceptors (Lipinski definition) is 8. The van der Waals surface area contributed by atoms with E-state index in [0.717, 1.165) is 4.83 Å². The summed E-state index contributed by atoms with van der Waals surface area (Å²) in [6.07, 6.45) is 0. The van der Waals surface area contributed by atoms with Gasteiger partial charge in [-0.3, -0.25) is 0 Å². The zero-order valence-electron chi connectivity index (χ0n) is 16.9. The van der Waals surface area contributed by atoms with Gasteiger partial charge in [0.25, 0.3) is 0 Å². The van der Waals surface area contributed by atoms with Crippen molar-refractivity contribution in [3.8, 4) is 5.75 Å². The second-order valence-electron chi connectivity index (χ2n) is 7.19. The van der Waals surface area contributed by atoms with Crippen LogP contribution in [-0.2, 0) is 0 Å². The Labute approximate surface area is 180 Å². The van der Waals surface area contributed by atoms with E-state index in [9.17, 15) is 13.6 Å². The van der Waals surface area contributed by atoms with Crippen molar-refractivity contribution in [1.29, 1.82) is 0 Å². The van der Waals surface area contributed by atoms with Crippen LogP contribution in [-0.4, -0.2) is 58.2 Å². The number of nitrogens with two attached hydrogens (primary N) is 1. The number of amides is 2. The van der Waals surface area contributed by atoms with Gasteiger partial charge >= 0.3 is 12.6 Å². The van der Waals surface area contributed by atoms with E-state index < -0.39 is 6.61 Å². The summed E-state index contributed by atoms with van der Waals surface area (Å²) in [6, 6.07) is 4.11. The Balaban J connectivity index is 1.44. The third-order valence-corrected chi connectivity index (χ3v) is 5.77. The van der Waals surface area contributed by atoms with Crippen molar-refractivity contribution in [2.75, 3.05) is 35.6 Å². The van der Waals surface area contributed by atoms with E-state index in [4.69, 9.17) is 5.73 Å². The number of carbonyl (C=O) groups excluding carboxylic acids is 1. The van der Waals surface area contributed by atoms with E-state index in [1.165, 1.54) is 23.5 Å². The Bertz CT molecular complexity index is 1110. The molecule has 3 heterocycles. The second kappa shape index (κ2) is 8.46. The Kier molecular flexibility index (Phi) is 5.72. The predicted octanol–water partition coefficient (Wildman–Crippen LogP) is 3.32. The highest BCUT2D eigenvalue weighted by atomic mass is 32.1. The molecule has 2 amide bonds. The molecule has 0 bridgehead atoms. The smallest absolute Gasteiger partial charge is 0.387 e. The van der Waals surface area contributed by atoms with Gasteiger partial charge in [0.05, 0.1) is 5.51 Å². The van der Waals surface area contributed by atoms with Gasteiger partial charge < -0.3 is 25.6 Å². The Morgan fingerprint density at radius 2 is 2.16 bits per heavy atom. The van der Waals surface area contributed by atoms with Crippen molar-refractivity contribution in [2.24, 2.45) is 0 Å². The first-order chi connectivity index (χ1) is 14.8. The van der Waals surface area contributed by atoms with Gasteiger partial charge in [0.1, 0.15) is 11.3 Å². The first-order valence-electron chi connectivity index (χ1n) is 9.56. The lowest BCUT2D eigenvalue weighted by atomic mass is 10.1. The molecule has 1 aliphatic heterocycles. The summed E-state index contributed by atoms with van der Waals surface area (Å²) in [5.74, 6) is 0.904. The van der Waals surface area contributed by atoms with Gasteiger partial charge in [-0.15, -0.1) is 11.3 Å². The SMILES string of the molecule is Cc1cc(OC(F)F)ccc1NC(=O)N1CCN(c2nc(N)nc3scnc23)C(C)C1. The highest BCUT2D eigenvalue weighted by Gasteiger charge is 2.29. The van der Waals surface area contributed by atoms with Crippen LogP contribution in [0.1, 0.15) is 12.5 Å². The number of fused-ring (bicyclic) bond motifs is 1. The topological polar surface area (TPSA) is 110 Å². The molecule has 164 valence electrons. The van der Waals surface area contributed by atoms with Gasteiger partial charge in [0.15, 0.2) is 10.6 Å². The van der Waals surface area contributed by atoms with Gasteiger partial charge in [-0.25, -0.2) is 14.8 Å². The number of aromatic nitrogens is 3. The molecule has 0 spiro atoms. The number of nitrogens with one attached hydrogen (secondary N) is 1. The number of hydrogen-bond donors (Lipinski definition) is 2. The number of nitrogens with zero attached hydrogens (tertiary/aromatic N) is 5. The molecule has 1 atom stereocenters. The highest BCUT2D eigenvalue weighted by Crippen LogP contribution is 2.29. The quantitative estimate of drug-likeness (QED) is 0.629. The number of anilines is 3. The third kappa shape index (κ3) is 4.43. The molecule has 2 aromatic heterocycles. The molecule has 1 fully saturated rings. The average molecular weight is 449 g/mol. The van der Waals surface area contributed by atoms with Gasteiger partial charge in [-0.1, -0.05) is 0 Å². The Morgan fingerprint density at radius 3 is 2.87 bits per heavy atom. The lowest BCUT2D eigenvalue weighted by molar-refractivity contribution is -0.0498. The van der Waals surface area contributed by atoms with Crippen molar-refractivity contribution >= 4 is 45.2 Å². The number of carbonyl (C=O) groups is 1. The molecular formula is C19H21F2N7O2S. The number of ether oxygens (including phenoxy) is 1. The normalized spacial score (nSPS) is 16.7. The van der Waals surface area contributed by atoms with Gasteiger partial charge in [-0.2, -0.15) is 13.8 Å². The molecule has 1 aromatic carbocycles. The highest BCUT2D eigenvalue weighted by molar-refractivity contribution is 7.16. The summed E-state index contributed by atoms with van der Waals surface area (Å²) < 4.78 is 29.1. The van der Waals surface area contributed by atoms with Crippen LogP contribution in [0, 0.1) is 6.92 Å². The van der Waals surface area contributed by atoms with Crippen LogP contribution in [0.5, 0.6) is 5.75 Å². The molecule has 31 heavy (non-hydrogen) atoms. The largest absolute Gasteiger partial charge is 0.435 e. The number of rotatable bonds is 4. The van der Waals surface area contributed by atoms with Gasteiger partial charge in [0.2, 0.25) is 5.95 Å². The molecule has 0 aliphatic carbocycles. The Hall–Kier alpha value is -3.28. The van der Waals surface area contributed by atoms with Crippen LogP contribution in [0.4, 0.5) is 31.0 Å². The van der Waals surface area contributed by atoms with Crippen LogP contribution in [0.3, 0.4) is 0 Å². The van der Waals surface area contributed by atoms with Crippen LogP contribution < -0.4 is 20.7 Å². The molecule has 4 rings (SSSR count). The van der Waals surface area contributed by atoms with E-state index in [0.29, 0.717) is 42.2 Å². The van der Waals surface area contributed by atoms with Crippen LogP contribution in [0.25, 0.3) is 10.3 Å². The van der Waals surface area contributed by atoms with Crippen LogP contribution in [0.2, 0.25) is 0 Å². The molecule has 1 aliphatic rings. The molecule has 0 saturated carbocycles. The van der Waals surface area contributed by atoms with Crippen molar-refractivity contribution in [3.05, 3.63) is 29.3 Å². The van der Waals surface area contributed by atoms with Crippen molar-refractivity contribution < 1.29 is 18.3 Å². The van der Waals surface area contributed by atoms with Crippen molar-refractivity contribution in [2.45, 2.75) is 26.5 Å². The van der Waals surface area contributed by atoms with E-state index in [2.05, 4.69) is 29.9 Å². The number of halogens is 2. The first kappa shape index (κ1) is 21.0. The minimum absolute atomic E-state index is 0.0263. The number of alkyl halides is 2. The predicted molar refractivity (Wildman–Crippen MR) is 115 cm³/mol. The van der Waals surface area contributed by atoms with Crippen molar-refractivity contribution in [3.63, 3.8) is 0 Å².